The second kappa shape index (κ2) is 19.3. The minimum atomic E-state index is -1.10. The first kappa shape index (κ1) is 42.7. The maximum Gasteiger partial charge on any atom is 0.322 e. The SMILES string of the molecule is CC(C)c1cnn2c(NCc3ccc(NC(=O)CCCCCCNC(=O)COc4cccc5c4C(=O)N(C4CCC(=O)NC4=O)C5=O)cc3)nc(OC3CCN(C)CC3)nc12. The number of nitrogens with zero attached hydrogens (tertiary/aromatic N) is 6. The molecule has 0 bridgehead atoms. The Morgan fingerprint density at radius 2 is 1.69 bits per heavy atom. The molecule has 3 aliphatic rings. The lowest BCUT2D eigenvalue weighted by Gasteiger charge is -2.28. The lowest BCUT2D eigenvalue weighted by atomic mass is 10.0. The maximum atomic E-state index is 13.2. The first-order valence-electron chi connectivity index (χ1n) is 20.9. The van der Waals surface area contributed by atoms with Crippen molar-refractivity contribution in [2.24, 2.45) is 0 Å². The lowest BCUT2D eigenvalue weighted by molar-refractivity contribution is -0.136. The highest BCUT2D eigenvalue weighted by molar-refractivity contribution is 6.24. The van der Waals surface area contributed by atoms with Gasteiger partial charge in [0.05, 0.1) is 17.3 Å². The summed E-state index contributed by atoms with van der Waals surface area (Å²) in [5.41, 5.74) is 3.49. The van der Waals surface area contributed by atoms with E-state index in [9.17, 15) is 28.8 Å². The molecule has 1 atom stereocenters. The molecule has 0 aliphatic carbocycles. The molecule has 322 valence electrons. The summed E-state index contributed by atoms with van der Waals surface area (Å²) in [4.78, 5) is 87.9. The molecular formula is C43H52N10O8. The Labute approximate surface area is 353 Å². The number of hydrogen-bond acceptors (Lipinski definition) is 13. The number of nitrogens with one attached hydrogen (secondary N) is 4. The van der Waals surface area contributed by atoms with Gasteiger partial charge in [-0.15, -0.1) is 0 Å². The largest absolute Gasteiger partial charge is 0.483 e. The van der Waals surface area contributed by atoms with Crippen LogP contribution in [0.25, 0.3) is 5.65 Å². The summed E-state index contributed by atoms with van der Waals surface area (Å²) in [6.45, 7) is 6.65. The zero-order chi connectivity index (χ0) is 43.0. The molecule has 2 saturated heterocycles. The number of benzene rings is 2. The van der Waals surface area contributed by atoms with Crippen LogP contribution in [0.3, 0.4) is 0 Å². The molecule has 0 radical (unpaired) electrons. The number of imide groups is 2. The van der Waals surface area contributed by atoms with E-state index in [0.717, 1.165) is 60.4 Å². The van der Waals surface area contributed by atoms with Crippen LogP contribution in [0.1, 0.15) is 109 Å². The molecule has 4 aromatic rings. The van der Waals surface area contributed by atoms with Gasteiger partial charge in [-0.3, -0.25) is 39.0 Å². The first-order chi connectivity index (χ1) is 29.4. The van der Waals surface area contributed by atoms with Crippen molar-refractivity contribution in [3.05, 3.63) is 70.9 Å². The molecule has 2 fully saturated rings. The van der Waals surface area contributed by atoms with Gasteiger partial charge in [-0.25, -0.2) is 0 Å². The number of carbonyl (C=O) groups excluding carboxylic acids is 6. The normalized spacial score (nSPS) is 17.1. The van der Waals surface area contributed by atoms with Gasteiger partial charge in [-0.05, 0) is 74.9 Å². The smallest absolute Gasteiger partial charge is 0.322 e. The molecule has 18 heteroatoms. The second-order valence-corrected chi connectivity index (χ2v) is 16.0. The van der Waals surface area contributed by atoms with Gasteiger partial charge in [0.15, 0.2) is 12.3 Å². The van der Waals surface area contributed by atoms with Crippen LogP contribution in [0.15, 0.2) is 48.7 Å². The molecule has 0 spiro atoms. The number of carbonyl (C=O) groups is 6. The van der Waals surface area contributed by atoms with Crippen LogP contribution in [0, 0.1) is 0 Å². The summed E-state index contributed by atoms with van der Waals surface area (Å²) < 4.78 is 13.6. The van der Waals surface area contributed by atoms with Crippen molar-refractivity contribution in [1.29, 1.82) is 0 Å². The van der Waals surface area contributed by atoms with Gasteiger partial charge in [0.25, 0.3) is 17.7 Å². The number of amides is 6. The molecule has 4 N–H and O–H groups in total. The molecule has 5 heterocycles. The Balaban J connectivity index is 0.794. The Morgan fingerprint density at radius 3 is 2.44 bits per heavy atom. The number of ether oxygens (including phenoxy) is 2. The number of unbranched alkanes of at least 4 members (excludes halogenated alkanes) is 3. The van der Waals surface area contributed by atoms with Crippen molar-refractivity contribution in [2.75, 3.05) is 43.9 Å². The summed E-state index contributed by atoms with van der Waals surface area (Å²) in [6, 6.07) is 11.4. The van der Waals surface area contributed by atoms with Gasteiger partial charge in [0.2, 0.25) is 23.7 Å². The van der Waals surface area contributed by atoms with Crippen molar-refractivity contribution in [1.82, 2.24) is 40.0 Å². The second-order valence-electron chi connectivity index (χ2n) is 16.0. The average Bonchev–Trinajstić information content (AvgIpc) is 3.78. The zero-order valence-corrected chi connectivity index (χ0v) is 34.7. The van der Waals surface area contributed by atoms with E-state index in [2.05, 4.69) is 52.2 Å². The summed E-state index contributed by atoms with van der Waals surface area (Å²) in [7, 11) is 2.11. The van der Waals surface area contributed by atoms with Crippen LogP contribution in [0.4, 0.5) is 11.6 Å². The van der Waals surface area contributed by atoms with E-state index < -0.39 is 35.6 Å². The van der Waals surface area contributed by atoms with Crippen LogP contribution < -0.4 is 30.7 Å². The number of piperidine rings is 2. The van der Waals surface area contributed by atoms with Crippen molar-refractivity contribution in [2.45, 2.75) is 96.2 Å². The standard InChI is InChI=1S/C43H52N10O8/c1-26(2)31-24-46-53-38(31)49-43(61-29-18-21-51(3)22-19-29)50-42(53)45-23-27-12-14-28(15-13-27)47-34(54)11-6-4-5-7-20-44-36(56)25-60-33-10-8-9-30-37(33)41(59)52(40(30)58)32-16-17-35(55)48-39(32)57/h8-10,12-15,24,26,29,32H,4-7,11,16-23,25H2,1-3H3,(H,44,56)(H,47,54)(H,45,49,50)(H,48,55,57). The fourth-order valence-electron chi connectivity index (χ4n) is 7.60. The molecule has 61 heavy (non-hydrogen) atoms. The lowest BCUT2D eigenvalue weighted by Crippen LogP contribution is -2.54. The van der Waals surface area contributed by atoms with Gasteiger partial charge in [0, 0.05) is 50.3 Å². The molecule has 7 rings (SSSR count). The van der Waals surface area contributed by atoms with E-state index in [1.54, 1.807) is 4.52 Å². The van der Waals surface area contributed by atoms with Crippen LogP contribution in [-0.2, 0) is 25.7 Å². The zero-order valence-electron chi connectivity index (χ0n) is 34.7. The highest BCUT2D eigenvalue weighted by Gasteiger charge is 2.46. The molecule has 2 aromatic heterocycles. The van der Waals surface area contributed by atoms with E-state index in [1.807, 2.05) is 30.5 Å². The summed E-state index contributed by atoms with van der Waals surface area (Å²) in [5, 5.41) is 15.9. The van der Waals surface area contributed by atoms with Crippen molar-refractivity contribution in [3.8, 4) is 11.8 Å². The summed E-state index contributed by atoms with van der Waals surface area (Å²) >= 11 is 0. The highest BCUT2D eigenvalue weighted by atomic mass is 16.5. The van der Waals surface area contributed by atoms with E-state index >= 15 is 0 Å². The predicted octanol–water partition coefficient (Wildman–Crippen LogP) is 3.82. The monoisotopic (exact) mass is 836 g/mol. The van der Waals surface area contributed by atoms with E-state index in [1.165, 1.54) is 18.2 Å². The average molecular weight is 837 g/mol. The molecule has 3 aliphatic heterocycles. The first-order valence-corrected chi connectivity index (χ1v) is 20.9. The van der Waals surface area contributed by atoms with Gasteiger partial charge in [-0.2, -0.15) is 19.6 Å². The quantitative estimate of drug-likeness (QED) is 0.0829. The van der Waals surface area contributed by atoms with Gasteiger partial charge in [0.1, 0.15) is 17.9 Å². The predicted molar refractivity (Wildman–Crippen MR) is 223 cm³/mol. The number of fused-ring (bicyclic) bond motifs is 2. The number of likely N-dealkylation sites (tertiary alicyclic amines) is 1. The Kier molecular flexibility index (Phi) is 13.5. The Hall–Kier alpha value is -6.43. The molecule has 6 amide bonds. The molecular weight excluding hydrogens is 785 g/mol. The van der Waals surface area contributed by atoms with Crippen LogP contribution in [0.2, 0.25) is 0 Å². The Bertz CT molecular complexity index is 2290. The summed E-state index contributed by atoms with van der Waals surface area (Å²) in [5.74, 6) is -2.17. The number of aromatic nitrogens is 4. The molecule has 18 nitrogen and oxygen atoms in total. The third-order valence-corrected chi connectivity index (χ3v) is 11.1. The summed E-state index contributed by atoms with van der Waals surface area (Å²) in [6.07, 6.45) is 7.13. The van der Waals surface area contributed by atoms with Crippen molar-refractivity contribution >= 4 is 52.7 Å². The fourth-order valence-corrected chi connectivity index (χ4v) is 7.60. The van der Waals surface area contributed by atoms with E-state index in [4.69, 9.17) is 19.4 Å². The number of anilines is 2. The third kappa shape index (κ3) is 10.3. The molecule has 1 unspecified atom stereocenters. The maximum absolute atomic E-state index is 13.2. The highest BCUT2D eigenvalue weighted by Crippen LogP contribution is 2.34. The van der Waals surface area contributed by atoms with Crippen LogP contribution >= 0.6 is 0 Å². The van der Waals surface area contributed by atoms with E-state index in [-0.39, 0.29) is 54.3 Å². The van der Waals surface area contributed by atoms with Crippen molar-refractivity contribution < 1.29 is 38.2 Å². The van der Waals surface area contributed by atoms with Gasteiger partial charge < -0.3 is 30.3 Å². The van der Waals surface area contributed by atoms with Crippen LogP contribution in [0.5, 0.6) is 11.8 Å². The van der Waals surface area contributed by atoms with Gasteiger partial charge >= 0.3 is 6.01 Å². The minimum Gasteiger partial charge on any atom is -0.483 e. The fraction of sp³-hybridized carbons (Fsp3) is 0.465. The number of rotatable bonds is 18. The minimum absolute atomic E-state index is 0.0119. The van der Waals surface area contributed by atoms with E-state index in [0.29, 0.717) is 50.0 Å². The van der Waals surface area contributed by atoms with Gasteiger partial charge in [-0.1, -0.05) is 44.9 Å². The molecule has 0 saturated carbocycles. The topological polar surface area (TPSA) is 219 Å². The number of hydrogen-bond donors (Lipinski definition) is 4. The van der Waals surface area contributed by atoms with Crippen molar-refractivity contribution in [3.63, 3.8) is 0 Å². The molecule has 2 aromatic carbocycles. The Morgan fingerprint density at radius 1 is 0.918 bits per heavy atom. The third-order valence-electron chi connectivity index (χ3n) is 11.1. The van der Waals surface area contributed by atoms with Crippen LogP contribution in [-0.4, -0.2) is 110 Å².